The molecule has 4 heterocycles. The number of anilines is 1. The predicted molar refractivity (Wildman–Crippen MR) is 123 cm³/mol. The molecule has 2 N–H and O–H groups in total. The van der Waals surface area contributed by atoms with Crippen LogP contribution in [0.3, 0.4) is 0 Å². The van der Waals surface area contributed by atoms with Crippen LogP contribution in [0.25, 0.3) is 10.2 Å². The molecule has 0 amide bonds. The third kappa shape index (κ3) is 3.76. The Labute approximate surface area is 184 Å². The van der Waals surface area contributed by atoms with Crippen LogP contribution in [0.15, 0.2) is 11.2 Å². The molecule has 0 saturated carbocycles. The molecule has 0 radical (unpaired) electrons. The lowest BCUT2D eigenvalue weighted by molar-refractivity contribution is 0.102. The van der Waals surface area contributed by atoms with Crippen LogP contribution in [0.2, 0.25) is 0 Å². The molecule has 3 aromatic heterocycles. The van der Waals surface area contributed by atoms with Crippen LogP contribution in [0, 0.1) is 27.7 Å². The molecule has 1 saturated heterocycles. The van der Waals surface area contributed by atoms with Gasteiger partial charge in [-0.15, -0.1) is 11.3 Å². The van der Waals surface area contributed by atoms with Gasteiger partial charge in [0.15, 0.2) is 20.8 Å². The van der Waals surface area contributed by atoms with E-state index in [9.17, 15) is 13.2 Å². The third-order valence-corrected chi connectivity index (χ3v) is 9.43. The average molecular weight is 465 g/mol. The highest BCUT2D eigenvalue weighted by atomic mass is 32.2. The van der Waals surface area contributed by atoms with Gasteiger partial charge in [-0.2, -0.15) is 0 Å². The monoisotopic (exact) mass is 464 g/mol. The van der Waals surface area contributed by atoms with Gasteiger partial charge in [-0.3, -0.25) is 4.79 Å². The molecule has 7 nitrogen and oxygen atoms in total. The van der Waals surface area contributed by atoms with Crippen LogP contribution in [-0.4, -0.2) is 46.0 Å². The van der Waals surface area contributed by atoms with Crippen molar-refractivity contribution in [1.29, 1.82) is 0 Å². The SMILES string of the molecule is Cc1sc2nc(SCC(=O)c3cc(C)n(C4CCS(=O)(=O)C4)c3C)nc(N)c2c1C. The van der Waals surface area contributed by atoms with E-state index >= 15 is 0 Å². The number of carbonyl (C=O) groups excluding carboxylic acids is 1. The van der Waals surface area contributed by atoms with Crippen molar-refractivity contribution in [3.8, 4) is 0 Å². The second-order valence-corrected chi connectivity index (χ2v) is 12.2. The van der Waals surface area contributed by atoms with E-state index in [2.05, 4.69) is 9.97 Å². The Morgan fingerprint density at radius 1 is 1.30 bits per heavy atom. The summed E-state index contributed by atoms with van der Waals surface area (Å²) in [6.07, 6.45) is 0.591. The second-order valence-electron chi connectivity index (χ2n) is 7.78. The molecular formula is C20H24N4O3S3. The highest BCUT2D eigenvalue weighted by molar-refractivity contribution is 7.99. The molecule has 0 spiro atoms. The summed E-state index contributed by atoms with van der Waals surface area (Å²) in [5.41, 5.74) is 9.59. The fourth-order valence-electron chi connectivity index (χ4n) is 4.13. The van der Waals surface area contributed by atoms with Gasteiger partial charge in [0.1, 0.15) is 10.6 Å². The Bertz CT molecular complexity index is 1270. The standard InChI is InChI=1S/C20H24N4O3S3/c1-10-7-15(12(3)24(10)14-5-6-30(26,27)9-14)16(25)8-28-20-22-18(21)17-11(2)13(4)29-19(17)23-20/h7,14H,5-6,8-9H2,1-4H3,(H2,21,22,23). The summed E-state index contributed by atoms with van der Waals surface area (Å²) in [6.45, 7) is 7.84. The van der Waals surface area contributed by atoms with E-state index in [1.54, 1.807) is 11.3 Å². The van der Waals surface area contributed by atoms with Crippen molar-refractivity contribution in [2.24, 2.45) is 0 Å². The quantitative estimate of drug-likeness (QED) is 0.349. The number of nitrogens with two attached hydrogens (primary N) is 1. The number of carbonyl (C=O) groups is 1. The number of Topliss-reactive ketones (excluding diaryl/α,β-unsaturated/α-hetero) is 1. The normalized spacial score (nSPS) is 18.3. The fraction of sp³-hybridized carbons (Fsp3) is 0.450. The van der Waals surface area contributed by atoms with E-state index in [0.717, 1.165) is 32.0 Å². The van der Waals surface area contributed by atoms with E-state index in [1.165, 1.54) is 11.8 Å². The van der Waals surface area contributed by atoms with Crippen LogP contribution in [0.4, 0.5) is 5.82 Å². The molecule has 1 aliphatic rings. The van der Waals surface area contributed by atoms with Crippen molar-refractivity contribution in [3.05, 3.63) is 33.5 Å². The minimum atomic E-state index is -3.00. The van der Waals surface area contributed by atoms with Gasteiger partial charge < -0.3 is 10.3 Å². The molecule has 0 bridgehead atoms. The number of aryl methyl sites for hydroxylation is 3. The van der Waals surface area contributed by atoms with Gasteiger partial charge >= 0.3 is 0 Å². The van der Waals surface area contributed by atoms with Gasteiger partial charge in [-0.1, -0.05) is 11.8 Å². The van der Waals surface area contributed by atoms with Crippen LogP contribution in [0.5, 0.6) is 0 Å². The average Bonchev–Trinajstić information content (AvgIpc) is 3.26. The van der Waals surface area contributed by atoms with Crippen molar-refractivity contribution in [2.75, 3.05) is 23.0 Å². The number of hydrogen-bond donors (Lipinski definition) is 1. The van der Waals surface area contributed by atoms with Crippen molar-refractivity contribution in [2.45, 2.75) is 45.3 Å². The predicted octanol–water partition coefficient (Wildman–Crippen LogP) is 3.64. The van der Waals surface area contributed by atoms with Gasteiger partial charge in [-0.05, 0) is 45.7 Å². The molecule has 160 valence electrons. The molecule has 0 aromatic carbocycles. The van der Waals surface area contributed by atoms with E-state index < -0.39 is 9.84 Å². The maximum absolute atomic E-state index is 12.9. The summed E-state index contributed by atoms with van der Waals surface area (Å²) in [4.78, 5) is 23.9. The molecule has 3 aromatic rings. The maximum Gasteiger partial charge on any atom is 0.191 e. The van der Waals surface area contributed by atoms with Gasteiger partial charge in [0.05, 0.1) is 22.6 Å². The zero-order valence-corrected chi connectivity index (χ0v) is 19.8. The highest BCUT2D eigenvalue weighted by Crippen LogP contribution is 2.34. The lowest BCUT2D eigenvalue weighted by Gasteiger charge is -2.16. The van der Waals surface area contributed by atoms with Gasteiger partial charge in [0, 0.05) is 27.9 Å². The molecular weight excluding hydrogens is 440 g/mol. The lowest BCUT2D eigenvalue weighted by atomic mass is 10.2. The number of rotatable bonds is 5. The first-order valence-corrected chi connectivity index (χ1v) is 13.3. The van der Waals surface area contributed by atoms with Crippen molar-refractivity contribution in [1.82, 2.24) is 14.5 Å². The summed E-state index contributed by atoms with van der Waals surface area (Å²) in [5, 5.41) is 1.38. The van der Waals surface area contributed by atoms with Gasteiger partial charge in [0.25, 0.3) is 0 Å². The molecule has 10 heteroatoms. The largest absolute Gasteiger partial charge is 0.383 e. The number of thiophene rings is 1. The number of nitrogens with zero attached hydrogens (tertiary/aromatic N) is 3. The number of aromatic nitrogens is 3. The van der Waals surface area contributed by atoms with E-state index in [-0.39, 0.29) is 29.1 Å². The number of nitrogen functional groups attached to an aromatic ring is 1. The first-order chi connectivity index (χ1) is 14.1. The van der Waals surface area contributed by atoms with Crippen molar-refractivity contribution < 1.29 is 13.2 Å². The van der Waals surface area contributed by atoms with Crippen LogP contribution in [0.1, 0.15) is 44.6 Å². The Hall–Kier alpha value is -1.91. The molecule has 1 aliphatic heterocycles. The Morgan fingerprint density at radius 2 is 2.03 bits per heavy atom. The topological polar surface area (TPSA) is 108 Å². The molecule has 0 aliphatic carbocycles. The summed E-state index contributed by atoms with van der Waals surface area (Å²) in [5.74, 6) is 0.954. The molecule has 4 rings (SSSR count). The van der Waals surface area contributed by atoms with Crippen molar-refractivity contribution in [3.63, 3.8) is 0 Å². The minimum Gasteiger partial charge on any atom is -0.383 e. The number of hydrogen-bond acceptors (Lipinski definition) is 8. The lowest BCUT2D eigenvalue weighted by Crippen LogP contribution is -2.14. The van der Waals surface area contributed by atoms with Crippen molar-refractivity contribution >= 4 is 54.8 Å². The minimum absolute atomic E-state index is 0.0268. The number of sulfone groups is 1. The van der Waals surface area contributed by atoms with E-state index in [4.69, 9.17) is 5.73 Å². The smallest absolute Gasteiger partial charge is 0.191 e. The first kappa shape index (κ1) is 21.3. The zero-order valence-electron chi connectivity index (χ0n) is 17.4. The molecule has 1 atom stereocenters. The maximum atomic E-state index is 12.9. The van der Waals surface area contributed by atoms with Gasteiger partial charge in [0.2, 0.25) is 0 Å². The highest BCUT2D eigenvalue weighted by Gasteiger charge is 2.31. The summed E-state index contributed by atoms with van der Waals surface area (Å²) in [6, 6.07) is 1.76. The molecule has 1 unspecified atom stereocenters. The van der Waals surface area contributed by atoms with Crippen LogP contribution < -0.4 is 5.73 Å². The Kier molecular flexibility index (Phi) is 5.44. The van der Waals surface area contributed by atoms with E-state index in [0.29, 0.717) is 23.0 Å². The first-order valence-electron chi connectivity index (χ1n) is 9.65. The Morgan fingerprint density at radius 3 is 2.70 bits per heavy atom. The molecule has 30 heavy (non-hydrogen) atoms. The van der Waals surface area contributed by atoms with E-state index in [1.807, 2.05) is 38.3 Å². The third-order valence-electron chi connectivity index (χ3n) is 5.73. The summed E-state index contributed by atoms with van der Waals surface area (Å²) in [7, 11) is -3.00. The fourth-order valence-corrected chi connectivity index (χ4v) is 7.66. The molecule has 1 fully saturated rings. The van der Waals surface area contributed by atoms with Crippen LogP contribution in [-0.2, 0) is 9.84 Å². The number of fused-ring (bicyclic) bond motifs is 1. The van der Waals surface area contributed by atoms with Crippen LogP contribution >= 0.6 is 23.1 Å². The Balaban J connectivity index is 1.54. The second kappa shape index (κ2) is 7.65. The number of ketones is 1. The summed E-state index contributed by atoms with van der Waals surface area (Å²) < 4.78 is 25.7. The zero-order chi connectivity index (χ0) is 21.8. The number of thioether (sulfide) groups is 1. The van der Waals surface area contributed by atoms with Gasteiger partial charge in [-0.25, -0.2) is 18.4 Å². The summed E-state index contributed by atoms with van der Waals surface area (Å²) >= 11 is 2.85.